The van der Waals surface area contributed by atoms with Gasteiger partial charge in [-0.15, -0.1) is 0 Å². The predicted octanol–water partition coefficient (Wildman–Crippen LogP) is 3.85. The van der Waals surface area contributed by atoms with E-state index in [-0.39, 0.29) is 30.9 Å². The molecule has 3 N–H and O–H groups in total. The molecule has 188 valence electrons. The second-order valence-corrected chi connectivity index (χ2v) is 10.1. The number of anilines is 2. The van der Waals surface area contributed by atoms with Gasteiger partial charge in [0.1, 0.15) is 0 Å². The highest BCUT2D eigenvalue weighted by Gasteiger charge is 2.35. The fourth-order valence-corrected chi connectivity index (χ4v) is 5.22. The van der Waals surface area contributed by atoms with E-state index in [2.05, 4.69) is 47.4 Å². The molecule has 2 aliphatic rings. The molecule has 36 heavy (non-hydrogen) atoms. The molecule has 1 saturated heterocycles. The molecule has 0 radical (unpaired) electrons. The smallest absolute Gasteiger partial charge is 0.225 e. The predicted molar refractivity (Wildman–Crippen MR) is 144 cm³/mol. The third kappa shape index (κ3) is 4.53. The van der Waals surface area contributed by atoms with Crippen LogP contribution in [0.25, 0.3) is 28.1 Å². The van der Waals surface area contributed by atoms with Crippen LogP contribution in [0.5, 0.6) is 0 Å². The van der Waals surface area contributed by atoms with E-state index in [1.54, 1.807) is 18.5 Å². The Morgan fingerprint density at radius 1 is 1.25 bits per heavy atom. The first-order chi connectivity index (χ1) is 17.4. The summed E-state index contributed by atoms with van der Waals surface area (Å²) in [6, 6.07) is 6.14. The number of fused-ring (bicyclic) bond motifs is 1. The lowest BCUT2D eigenvalue weighted by molar-refractivity contribution is -0.135. The molecule has 1 aliphatic heterocycles. The highest BCUT2D eigenvalue weighted by Crippen LogP contribution is 2.46. The molecule has 8 heteroatoms. The van der Waals surface area contributed by atoms with Gasteiger partial charge in [-0.1, -0.05) is 20.4 Å². The summed E-state index contributed by atoms with van der Waals surface area (Å²) in [5.74, 6) is 1.48. The third-order valence-corrected chi connectivity index (χ3v) is 7.29. The Balaban J connectivity index is 1.55. The molecule has 3 aromatic heterocycles. The fourth-order valence-electron chi connectivity index (χ4n) is 5.22. The van der Waals surface area contributed by atoms with Gasteiger partial charge in [-0.25, -0.2) is 9.97 Å². The number of rotatable bonds is 7. The SMILES string of the molecule is C=Cc1cc(-c2cc(N)c(N3CCN(C(=O)CCO)[C@H](C(C)C)C3)nc2C2CC2)c2ccncc2n1. The summed E-state index contributed by atoms with van der Waals surface area (Å²) in [5.41, 5.74) is 12.1. The molecule has 1 amide bonds. The van der Waals surface area contributed by atoms with Crippen molar-refractivity contribution in [2.24, 2.45) is 5.92 Å². The maximum Gasteiger partial charge on any atom is 0.225 e. The van der Waals surface area contributed by atoms with Crippen LogP contribution >= 0.6 is 0 Å². The second kappa shape index (κ2) is 9.85. The van der Waals surface area contributed by atoms with Crippen molar-refractivity contribution in [3.63, 3.8) is 0 Å². The fraction of sp³-hybridized carbons (Fsp3) is 0.429. The van der Waals surface area contributed by atoms with Gasteiger partial charge in [0.05, 0.1) is 41.4 Å². The molecule has 1 aliphatic carbocycles. The molecule has 0 aromatic carbocycles. The van der Waals surface area contributed by atoms with Crippen LogP contribution in [-0.4, -0.2) is 63.1 Å². The number of piperazine rings is 1. The van der Waals surface area contributed by atoms with Gasteiger partial charge in [-0.3, -0.25) is 9.78 Å². The summed E-state index contributed by atoms with van der Waals surface area (Å²) in [5, 5.41) is 10.3. The molecule has 8 nitrogen and oxygen atoms in total. The van der Waals surface area contributed by atoms with Gasteiger partial charge >= 0.3 is 0 Å². The summed E-state index contributed by atoms with van der Waals surface area (Å²) in [6.45, 7) is 9.96. The van der Waals surface area contributed by atoms with E-state index in [1.165, 1.54) is 0 Å². The third-order valence-electron chi connectivity index (χ3n) is 7.29. The van der Waals surface area contributed by atoms with Crippen LogP contribution < -0.4 is 10.6 Å². The van der Waals surface area contributed by atoms with Crippen LogP contribution in [0.2, 0.25) is 0 Å². The summed E-state index contributed by atoms with van der Waals surface area (Å²) in [7, 11) is 0. The van der Waals surface area contributed by atoms with Crippen molar-refractivity contribution in [1.29, 1.82) is 0 Å². The van der Waals surface area contributed by atoms with Crippen LogP contribution in [0.1, 0.15) is 50.4 Å². The number of nitrogen functional groups attached to an aromatic ring is 1. The van der Waals surface area contributed by atoms with E-state index < -0.39 is 0 Å². The zero-order valence-electron chi connectivity index (χ0n) is 21.0. The average molecular weight is 487 g/mol. The molecule has 1 atom stereocenters. The number of hydrogen-bond donors (Lipinski definition) is 2. The molecule has 3 aromatic rings. The standard InChI is InChI=1S/C28H34N6O2/c1-4-19-13-21(20-7-9-30-15-24(20)31-19)22-14-23(29)28(32-27(22)18-5-6-18)33-10-11-34(26(36)8-12-35)25(16-33)17(2)3/h4,7,9,13-15,17-18,25,35H,1,5-6,8,10-12,16,29H2,2-3H3/t25-/m0/s1. The lowest BCUT2D eigenvalue weighted by Gasteiger charge is -2.44. The Bertz CT molecular complexity index is 1300. The normalized spacial score (nSPS) is 18.2. The monoisotopic (exact) mass is 486 g/mol. The Morgan fingerprint density at radius 3 is 2.75 bits per heavy atom. The first kappa shape index (κ1) is 24.2. The van der Waals surface area contributed by atoms with Crippen molar-refractivity contribution in [2.75, 3.05) is 36.9 Å². The highest BCUT2D eigenvalue weighted by molar-refractivity contribution is 5.96. The maximum atomic E-state index is 12.6. The number of aliphatic hydroxyl groups is 1. The average Bonchev–Trinajstić information content (AvgIpc) is 3.73. The van der Waals surface area contributed by atoms with Crippen LogP contribution in [0.4, 0.5) is 11.5 Å². The number of hydrogen-bond acceptors (Lipinski definition) is 7. The second-order valence-electron chi connectivity index (χ2n) is 10.1. The number of nitrogens with zero attached hydrogens (tertiary/aromatic N) is 5. The van der Waals surface area contributed by atoms with Crippen molar-refractivity contribution >= 4 is 34.4 Å². The summed E-state index contributed by atoms with van der Waals surface area (Å²) in [6.07, 6.45) is 7.69. The van der Waals surface area contributed by atoms with E-state index >= 15 is 0 Å². The molecular formula is C28H34N6O2. The first-order valence-corrected chi connectivity index (χ1v) is 12.7. The number of pyridine rings is 3. The Hall–Kier alpha value is -3.52. The minimum atomic E-state index is -0.127. The van der Waals surface area contributed by atoms with E-state index in [0.717, 1.165) is 52.1 Å². The number of carbonyl (C=O) groups is 1. The number of aromatic nitrogens is 3. The van der Waals surface area contributed by atoms with Crippen molar-refractivity contribution in [2.45, 2.75) is 45.1 Å². The highest BCUT2D eigenvalue weighted by atomic mass is 16.3. The Labute approximate surface area is 211 Å². The zero-order valence-corrected chi connectivity index (χ0v) is 21.0. The number of nitrogens with two attached hydrogens (primary N) is 1. The molecule has 5 rings (SSSR count). The molecule has 2 fully saturated rings. The molecule has 4 heterocycles. The Morgan fingerprint density at radius 2 is 2.06 bits per heavy atom. The topological polar surface area (TPSA) is 108 Å². The van der Waals surface area contributed by atoms with Gasteiger partial charge in [-0.2, -0.15) is 0 Å². The summed E-state index contributed by atoms with van der Waals surface area (Å²) in [4.78, 5) is 30.9. The molecular weight excluding hydrogens is 452 g/mol. The molecule has 0 spiro atoms. The number of aliphatic hydroxyl groups excluding tert-OH is 1. The molecule has 0 unspecified atom stereocenters. The Kier molecular flexibility index (Phi) is 6.62. The number of carbonyl (C=O) groups excluding carboxylic acids is 1. The van der Waals surface area contributed by atoms with Crippen LogP contribution in [0, 0.1) is 5.92 Å². The summed E-state index contributed by atoms with van der Waals surface area (Å²) < 4.78 is 0. The van der Waals surface area contributed by atoms with Crippen molar-refractivity contribution in [3.05, 3.63) is 48.6 Å². The minimum Gasteiger partial charge on any atom is -0.396 e. The van der Waals surface area contributed by atoms with Gasteiger partial charge in [0.15, 0.2) is 5.82 Å². The lowest BCUT2D eigenvalue weighted by atomic mass is 9.96. The van der Waals surface area contributed by atoms with E-state index in [1.807, 2.05) is 11.0 Å². The van der Waals surface area contributed by atoms with Gasteiger partial charge in [0, 0.05) is 49.1 Å². The van der Waals surface area contributed by atoms with Crippen molar-refractivity contribution < 1.29 is 9.90 Å². The van der Waals surface area contributed by atoms with Crippen LogP contribution in [0.3, 0.4) is 0 Å². The maximum absolute atomic E-state index is 12.6. The van der Waals surface area contributed by atoms with Gasteiger partial charge < -0.3 is 20.6 Å². The van der Waals surface area contributed by atoms with E-state index in [0.29, 0.717) is 31.2 Å². The molecule has 0 bridgehead atoms. The lowest BCUT2D eigenvalue weighted by Crippen LogP contribution is -2.57. The molecule has 1 saturated carbocycles. The largest absolute Gasteiger partial charge is 0.396 e. The zero-order chi connectivity index (χ0) is 25.4. The van der Waals surface area contributed by atoms with Crippen molar-refractivity contribution in [1.82, 2.24) is 19.9 Å². The quantitative estimate of drug-likeness (QED) is 0.522. The van der Waals surface area contributed by atoms with Crippen LogP contribution in [-0.2, 0) is 4.79 Å². The van der Waals surface area contributed by atoms with E-state index in [9.17, 15) is 9.90 Å². The van der Waals surface area contributed by atoms with Crippen LogP contribution in [0.15, 0.2) is 37.2 Å². The van der Waals surface area contributed by atoms with Gasteiger partial charge in [0.25, 0.3) is 0 Å². The first-order valence-electron chi connectivity index (χ1n) is 12.7. The van der Waals surface area contributed by atoms with Crippen molar-refractivity contribution in [3.8, 4) is 11.1 Å². The minimum absolute atomic E-state index is 0.00266. The number of amides is 1. The van der Waals surface area contributed by atoms with Gasteiger partial charge in [-0.05, 0) is 48.6 Å². The summed E-state index contributed by atoms with van der Waals surface area (Å²) >= 11 is 0. The van der Waals surface area contributed by atoms with E-state index in [4.69, 9.17) is 10.7 Å². The van der Waals surface area contributed by atoms with Gasteiger partial charge in [0.2, 0.25) is 5.91 Å².